The molecule has 3 heteroatoms. The van der Waals surface area contributed by atoms with Gasteiger partial charge in [0.25, 0.3) is 0 Å². The van der Waals surface area contributed by atoms with Gasteiger partial charge in [-0.1, -0.05) is 23.8 Å². The van der Waals surface area contributed by atoms with Crippen molar-refractivity contribution in [3.63, 3.8) is 0 Å². The van der Waals surface area contributed by atoms with Gasteiger partial charge in [0.05, 0.1) is 0 Å². The first-order valence-electron chi connectivity index (χ1n) is 4.92. The highest BCUT2D eigenvalue weighted by Gasteiger charge is 2.03. The lowest BCUT2D eigenvalue weighted by Crippen LogP contribution is -1.84. The van der Waals surface area contributed by atoms with Crippen LogP contribution in [0.4, 0.5) is 0 Å². The van der Waals surface area contributed by atoms with Crippen molar-refractivity contribution in [3.8, 4) is 10.6 Å². The minimum Gasteiger partial charge on any atom is -0.396 e. The molecule has 2 aromatic rings. The Morgan fingerprint density at radius 3 is 3.00 bits per heavy atom. The summed E-state index contributed by atoms with van der Waals surface area (Å²) in [4.78, 5) is 5.49. The van der Waals surface area contributed by atoms with Crippen molar-refractivity contribution < 1.29 is 5.11 Å². The van der Waals surface area contributed by atoms with Crippen LogP contribution in [0.1, 0.15) is 10.4 Å². The summed E-state index contributed by atoms with van der Waals surface area (Å²) >= 11 is 1.65. The molecule has 2 nitrogen and oxygen atoms in total. The largest absolute Gasteiger partial charge is 0.396 e. The fourth-order valence-corrected chi connectivity index (χ4v) is 2.34. The van der Waals surface area contributed by atoms with Crippen LogP contribution in [0.15, 0.2) is 30.5 Å². The number of aliphatic hydroxyl groups is 1. The molecule has 0 aliphatic heterocycles. The number of thiazole rings is 1. The second-order valence-electron chi connectivity index (χ2n) is 3.47. The maximum absolute atomic E-state index is 8.82. The molecule has 0 saturated heterocycles. The average molecular weight is 219 g/mol. The summed E-state index contributed by atoms with van der Waals surface area (Å²) in [5, 5.41) is 9.85. The third-order valence-corrected chi connectivity index (χ3v) is 3.28. The summed E-state index contributed by atoms with van der Waals surface area (Å²) < 4.78 is 0. The summed E-state index contributed by atoms with van der Waals surface area (Å²) in [6.45, 7) is 2.27. The molecule has 0 bridgehead atoms. The zero-order valence-electron chi connectivity index (χ0n) is 8.60. The number of benzene rings is 1. The number of rotatable bonds is 3. The molecule has 0 aliphatic rings. The lowest BCUT2D eigenvalue weighted by Gasteiger charge is -1.97. The molecule has 0 saturated carbocycles. The van der Waals surface area contributed by atoms with Gasteiger partial charge in [-0.15, -0.1) is 11.3 Å². The van der Waals surface area contributed by atoms with Crippen LogP contribution in [0.5, 0.6) is 0 Å². The molecular formula is C12H13NOS. The van der Waals surface area contributed by atoms with Crippen molar-refractivity contribution in [1.82, 2.24) is 4.98 Å². The third-order valence-electron chi connectivity index (χ3n) is 2.18. The Bertz CT molecular complexity index is 450. The molecule has 15 heavy (non-hydrogen) atoms. The van der Waals surface area contributed by atoms with Gasteiger partial charge in [-0.3, -0.25) is 0 Å². The number of aromatic nitrogens is 1. The Kier molecular flexibility index (Phi) is 3.14. The summed E-state index contributed by atoms with van der Waals surface area (Å²) in [7, 11) is 0. The number of hydrogen-bond donors (Lipinski definition) is 1. The summed E-state index contributed by atoms with van der Waals surface area (Å²) in [5.41, 5.74) is 2.40. The van der Waals surface area contributed by atoms with Gasteiger partial charge >= 0.3 is 0 Å². The van der Waals surface area contributed by atoms with Crippen LogP contribution in [0.3, 0.4) is 0 Å². The minimum absolute atomic E-state index is 0.190. The molecule has 1 aromatic heterocycles. The van der Waals surface area contributed by atoms with E-state index in [1.807, 2.05) is 12.3 Å². The van der Waals surface area contributed by atoms with Crippen molar-refractivity contribution in [3.05, 3.63) is 40.9 Å². The molecule has 1 N–H and O–H groups in total. The Labute approximate surface area is 93.2 Å². The predicted octanol–water partition coefficient (Wildman–Crippen LogP) is 2.65. The van der Waals surface area contributed by atoms with Gasteiger partial charge in [-0.05, 0) is 13.0 Å². The number of aliphatic hydroxyl groups excluding tert-OH is 1. The molecule has 0 atom stereocenters. The minimum atomic E-state index is 0.190. The van der Waals surface area contributed by atoms with Gasteiger partial charge in [0.15, 0.2) is 0 Å². The van der Waals surface area contributed by atoms with Crippen molar-refractivity contribution in [2.75, 3.05) is 6.61 Å². The topological polar surface area (TPSA) is 33.1 Å². The van der Waals surface area contributed by atoms with E-state index in [1.54, 1.807) is 11.3 Å². The first-order chi connectivity index (χ1) is 7.29. The van der Waals surface area contributed by atoms with Crippen LogP contribution in [0.2, 0.25) is 0 Å². The van der Waals surface area contributed by atoms with Crippen LogP contribution in [0.25, 0.3) is 10.6 Å². The molecule has 1 aromatic carbocycles. The average Bonchev–Trinajstić information content (AvgIpc) is 2.67. The van der Waals surface area contributed by atoms with Gasteiger partial charge in [0.1, 0.15) is 5.01 Å². The fraction of sp³-hybridized carbons (Fsp3) is 0.250. The van der Waals surface area contributed by atoms with E-state index in [2.05, 4.69) is 30.1 Å². The Hall–Kier alpha value is -1.19. The predicted molar refractivity (Wildman–Crippen MR) is 63.1 cm³/mol. The second kappa shape index (κ2) is 4.55. The lowest BCUT2D eigenvalue weighted by molar-refractivity contribution is 0.300. The first kappa shape index (κ1) is 10.3. The Morgan fingerprint density at radius 2 is 2.27 bits per heavy atom. The highest BCUT2D eigenvalue weighted by atomic mass is 32.1. The van der Waals surface area contributed by atoms with Crippen molar-refractivity contribution >= 4 is 11.3 Å². The van der Waals surface area contributed by atoms with Gasteiger partial charge in [0, 0.05) is 29.7 Å². The third kappa shape index (κ3) is 2.43. The quantitative estimate of drug-likeness (QED) is 0.861. The zero-order chi connectivity index (χ0) is 10.7. The summed E-state index contributed by atoms with van der Waals surface area (Å²) in [6, 6.07) is 8.31. The molecule has 0 radical (unpaired) electrons. The molecule has 0 amide bonds. The van der Waals surface area contributed by atoms with Gasteiger partial charge in [-0.25, -0.2) is 4.98 Å². The first-order valence-corrected chi connectivity index (χ1v) is 5.74. The molecule has 1 heterocycles. The molecule has 78 valence electrons. The van der Waals surface area contributed by atoms with E-state index in [-0.39, 0.29) is 6.61 Å². The van der Waals surface area contributed by atoms with Crippen LogP contribution >= 0.6 is 11.3 Å². The van der Waals surface area contributed by atoms with E-state index < -0.39 is 0 Å². The van der Waals surface area contributed by atoms with E-state index in [0.29, 0.717) is 6.42 Å². The summed E-state index contributed by atoms with van der Waals surface area (Å²) in [5.74, 6) is 0. The van der Waals surface area contributed by atoms with E-state index in [4.69, 9.17) is 5.11 Å². The summed E-state index contributed by atoms with van der Waals surface area (Å²) in [6.07, 6.45) is 2.54. The highest BCUT2D eigenvalue weighted by Crippen LogP contribution is 2.25. The standard InChI is InChI=1S/C12H13NOS/c1-9-3-2-4-10(7-9)12-13-8-11(15-12)5-6-14/h2-4,7-8,14H,5-6H2,1H3. The monoisotopic (exact) mass is 219 g/mol. The van der Waals surface area contributed by atoms with Crippen molar-refractivity contribution in [2.24, 2.45) is 0 Å². The highest BCUT2D eigenvalue weighted by molar-refractivity contribution is 7.15. The van der Waals surface area contributed by atoms with Crippen LogP contribution in [0, 0.1) is 6.92 Å². The maximum Gasteiger partial charge on any atom is 0.123 e. The van der Waals surface area contributed by atoms with Crippen molar-refractivity contribution in [2.45, 2.75) is 13.3 Å². The normalized spacial score (nSPS) is 10.5. The van der Waals surface area contributed by atoms with Gasteiger partial charge in [-0.2, -0.15) is 0 Å². The van der Waals surface area contributed by atoms with E-state index in [1.165, 1.54) is 5.56 Å². The van der Waals surface area contributed by atoms with E-state index >= 15 is 0 Å². The van der Waals surface area contributed by atoms with Crippen LogP contribution in [-0.4, -0.2) is 16.7 Å². The molecule has 0 aliphatic carbocycles. The number of aryl methyl sites for hydroxylation is 1. The smallest absolute Gasteiger partial charge is 0.123 e. The molecule has 0 unspecified atom stereocenters. The van der Waals surface area contributed by atoms with E-state index in [0.717, 1.165) is 15.4 Å². The number of nitrogens with zero attached hydrogens (tertiary/aromatic N) is 1. The molecule has 0 spiro atoms. The number of hydrogen-bond acceptors (Lipinski definition) is 3. The SMILES string of the molecule is Cc1cccc(-c2ncc(CCO)s2)c1. The Balaban J connectivity index is 2.29. The van der Waals surface area contributed by atoms with Gasteiger partial charge < -0.3 is 5.11 Å². The zero-order valence-corrected chi connectivity index (χ0v) is 9.42. The lowest BCUT2D eigenvalue weighted by atomic mass is 10.1. The second-order valence-corrected chi connectivity index (χ2v) is 4.59. The molecular weight excluding hydrogens is 206 g/mol. The van der Waals surface area contributed by atoms with Crippen molar-refractivity contribution in [1.29, 1.82) is 0 Å². The molecule has 0 fully saturated rings. The Morgan fingerprint density at radius 1 is 1.40 bits per heavy atom. The maximum atomic E-state index is 8.82. The van der Waals surface area contributed by atoms with Gasteiger partial charge in [0.2, 0.25) is 0 Å². The van der Waals surface area contributed by atoms with E-state index in [9.17, 15) is 0 Å². The molecule has 2 rings (SSSR count). The van der Waals surface area contributed by atoms with Crippen LogP contribution < -0.4 is 0 Å². The van der Waals surface area contributed by atoms with Crippen LogP contribution in [-0.2, 0) is 6.42 Å². The fourth-order valence-electron chi connectivity index (χ4n) is 1.44.